The third kappa shape index (κ3) is 3.74. The summed E-state index contributed by atoms with van der Waals surface area (Å²) in [6, 6.07) is 11.0. The van der Waals surface area contributed by atoms with Crippen LogP contribution in [0.4, 0.5) is 0 Å². The lowest BCUT2D eigenvalue weighted by atomic mass is 9.97. The lowest BCUT2D eigenvalue weighted by molar-refractivity contribution is -0.162. The van der Waals surface area contributed by atoms with Gasteiger partial charge in [-0.05, 0) is 31.5 Å². The van der Waals surface area contributed by atoms with Gasteiger partial charge in [0.2, 0.25) is 5.91 Å². The quantitative estimate of drug-likeness (QED) is 0.924. The van der Waals surface area contributed by atoms with E-state index in [2.05, 4.69) is 5.32 Å². The third-order valence-electron chi connectivity index (χ3n) is 4.39. The molecule has 1 aromatic heterocycles. The highest BCUT2D eigenvalue weighted by Crippen LogP contribution is 2.29. The van der Waals surface area contributed by atoms with Crippen LogP contribution in [-0.4, -0.2) is 36.5 Å². The highest BCUT2D eigenvalue weighted by molar-refractivity contribution is 5.86. The number of carbonyl (C=O) groups is 2. The number of rotatable bonds is 4. The molecule has 2 unspecified atom stereocenters. The Bertz CT molecular complexity index is 766. The molecule has 0 bridgehead atoms. The number of aryl methyl sites for hydroxylation is 2. The zero-order valence-electron chi connectivity index (χ0n) is 14.6. The van der Waals surface area contributed by atoms with Crippen molar-refractivity contribution in [3.63, 3.8) is 0 Å². The summed E-state index contributed by atoms with van der Waals surface area (Å²) in [4.78, 5) is 26.3. The van der Waals surface area contributed by atoms with Crippen molar-refractivity contribution in [2.75, 3.05) is 13.7 Å². The van der Waals surface area contributed by atoms with Gasteiger partial charge < -0.3 is 19.4 Å². The predicted molar refractivity (Wildman–Crippen MR) is 91.7 cm³/mol. The molecular weight excluding hydrogens is 320 g/mol. The number of carbonyl (C=O) groups excluding carboxylic acids is 2. The lowest BCUT2D eigenvalue weighted by Crippen LogP contribution is -2.52. The van der Waals surface area contributed by atoms with Crippen molar-refractivity contribution < 1.29 is 18.7 Å². The van der Waals surface area contributed by atoms with Gasteiger partial charge in [-0.3, -0.25) is 9.59 Å². The molecule has 6 nitrogen and oxygen atoms in total. The second-order valence-corrected chi connectivity index (χ2v) is 6.32. The number of likely N-dealkylation sites (N-methyl/N-ethyl adjacent to an activating group) is 1. The van der Waals surface area contributed by atoms with Gasteiger partial charge in [0.15, 0.2) is 6.10 Å². The van der Waals surface area contributed by atoms with E-state index in [9.17, 15) is 9.59 Å². The number of nitrogens with zero attached hydrogens (tertiary/aromatic N) is 1. The number of nitrogens with one attached hydrogen (secondary N) is 1. The van der Waals surface area contributed by atoms with Gasteiger partial charge in [-0.25, -0.2) is 0 Å². The predicted octanol–water partition coefficient (Wildman–Crippen LogP) is 2.11. The normalized spacial score (nSPS) is 20.6. The van der Waals surface area contributed by atoms with Gasteiger partial charge in [0.05, 0.1) is 12.6 Å². The maximum absolute atomic E-state index is 12.7. The van der Waals surface area contributed by atoms with Crippen molar-refractivity contribution in [1.29, 1.82) is 0 Å². The molecule has 1 saturated heterocycles. The van der Waals surface area contributed by atoms with E-state index >= 15 is 0 Å². The molecule has 0 saturated carbocycles. The van der Waals surface area contributed by atoms with E-state index in [-0.39, 0.29) is 25.0 Å². The van der Waals surface area contributed by atoms with Crippen LogP contribution in [0.1, 0.15) is 28.7 Å². The molecule has 25 heavy (non-hydrogen) atoms. The van der Waals surface area contributed by atoms with Gasteiger partial charge >= 0.3 is 0 Å². The van der Waals surface area contributed by atoms with Gasteiger partial charge in [-0.15, -0.1) is 0 Å². The average molecular weight is 342 g/mol. The van der Waals surface area contributed by atoms with Crippen LogP contribution < -0.4 is 5.32 Å². The monoisotopic (exact) mass is 342 g/mol. The van der Waals surface area contributed by atoms with Crippen LogP contribution in [0.5, 0.6) is 0 Å². The Morgan fingerprint density at radius 2 is 1.92 bits per heavy atom. The van der Waals surface area contributed by atoms with Crippen molar-refractivity contribution >= 4 is 11.8 Å². The van der Waals surface area contributed by atoms with Crippen LogP contribution in [-0.2, 0) is 20.9 Å². The first kappa shape index (κ1) is 17.2. The minimum Gasteiger partial charge on any atom is -0.465 e. The van der Waals surface area contributed by atoms with Crippen molar-refractivity contribution in [2.24, 2.45) is 0 Å². The zero-order chi connectivity index (χ0) is 18.0. The SMILES string of the molecule is Cc1ccc(C2C(C(=O)NCc3ccc(C)o3)OCC(=O)N2C)cc1. The van der Waals surface area contributed by atoms with E-state index in [4.69, 9.17) is 9.15 Å². The number of furan rings is 1. The van der Waals surface area contributed by atoms with Crippen molar-refractivity contribution in [2.45, 2.75) is 32.5 Å². The fourth-order valence-corrected chi connectivity index (χ4v) is 2.95. The maximum atomic E-state index is 12.7. The van der Waals surface area contributed by atoms with Crippen LogP contribution in [0, 0.1) is 13.8 Å². The fraction of sp³-hybridized carbons (Fsp3) is 0.368. The van der Waals surface area contributed by atoms with Crippen LogP contribution in [0.15, 0.2) is 40.8 Å². The van der Waals surface area contributed by atoms with Crippen LogP contribution in [0.2, 0.25) is 0 Å². The Labute approximate surface area is 146 Å². The van der Waals surface area contributed by atoms with Crippen LogP contribution in [0.25, 0.3) is 0 Å². The van der Waals surface area contributed by atoms with Crippen molar-refractivity contribution in [3.05, 3.63) is 59.0 Å². The van der Waals surface area contributed by atoms with Crippen molar-refractivity contribution in [1.82, 2.24) is 10.2 Å². The van der Waals surface area contributed by atoms with E-state index in [0.717, 1.165) is 16.9 Å². The number of hydrogen-bond acceptors (Lipinski definition) is 4. The summed E-state index contributed by atoms with van der Waals surface area (Å²) in [5.74, 6) is 1.06. The van der Waals surface area contributed by atoms with Crippen molar-refractivity contribution in [3.8, 4) is 0 Å². The number of amides is 2. The molecule has 2 heterocycles. The van der Waals surface area contributed by atoms with E-state index in [1.54, 1.807) is 11.9 Å². The highest BCUT2D eigenvalue weighted by atomic mass is 16.5. The van der Waals surface area contributed by atoms with E-state index in [1.807, 2.05) is 50.2 Å². The van der Waals surface area contributed by atoms with Crippen LogP contribution >= 0.6 is 0 Å². The molecule has 0 aliphatic carbocycles. The van der Waals surface area contributed by atoms with Gasteiger partial charge in [0.25, 0.3) is 5.91 Å². The van der Waals surface area contributed by atoms with Gasteiger partial charge in [-0.1, -0.05) is 29.8 Å². The Kier molecular flexibility index (Phi) is 4.90. The summed E-state index contributed by atoms with van der Waals surface area (Å²) in [5, 5.41) is 2.83. The molecule has 1 aromatic carbocycles. The Hall–Kier alpha value is -2.60. The first-order valence-electron chi connectivity index (χ1n) is 8.22. The standard InChI is InChI=1S/C19H22N2O4/c1-12-4-7-14(8-5-12)17-18(24-11-16(22)21(17)3)19(23)20-10-15-9-6-13(2)25-15/h4-9,17-18H,10-11H2,1-3H3,(H,20,23). The molecule has 1 N–H and O–H groups in total. The topological polar surface area (TPSA) is 71.8 Å². The third-order valence-corrected chi connectivity index (χ3v) is 4.39. The first-order chi connectivity index (χ1) is 12.0. The first-order valence-corrected chi connectivity index (χ1v) is 8.22. The van der Waals surface area contributed by atoms with E-state index < -0.39 is 12.1 Å². The van der Waals surface area contributed by atoms with E-state index in [1.165, 1.54) is 0 Å². The number of hydrogen-bond donors (Lipinski definition) is 1. The summed E-state index contributed by atoms with van der Waals surface area (Å²) in [7, 11) is 1.70. The van der Waals surface area contributed by atoms with Gasteiger partial charge in [0.1, 0.15) is 18.1 Å². The van der Waals surface area contributed by atoms with E-state index in [0.29, 0.717) is 5.76 Å². The maximum Gasteiger partial charge on any atom is 0.252 e. The molecule has 3 rings (SSSR count). The molecule has 132 valence electrons. The Morgan fingerprint density at radius 3 is 2.56 bits per heavy atom. The molecule has 2 aromatic rings. The molecule has 0 spiro atoms. The number of ether oxygens (including phenoxy) is 1. The smallest absolute Gasteiger partial charge is 0.252 e. The fourth-order valence-electron chi connectivity index (χ4n) is 2.95. The molecule has 1 aliphatic rings. The highest BCUT2D eigenvalue weighted by Gasteiger charge is 2.39. The molecule has 6 heteroatoms. The second kappa shape index (κ2) is 7.11. The molecule has 2 amide bonds. The molecule has 0 radical (unpaired) electrons. The summed E-state index contributed by atoms with van der Waals surface area (Å²) in [5.41, 5.74) is 1.98. The molecular formula is C19H22N2O4. The summed E-state index contributed by atoms with van der Waals surface area (Å²) < 4.78 is 11.0. The second-order valence-electron chi connectivity index (χ2n) is 6.32. The number of morpholine rings is 1. The number of benzene rings is 1. The summed E-state index contributed by atoms with van der Waals surface area (Å²) >= 11 is 0. The minimum atomic E-state index is -0.763. The Balaban J connectivity index is 1.77. The van der Waals surface area contributed by atoms with Gasteiger partial charge in [0, 0.05) is 7.05 Å². The van der Waals surface area contributed by atoms with Gasteiger partial charge in [-0.2, -0.15) is 0 Å². The lowest BCUT2D eigenvalue weighted by Gasteiger charge is -2.38. The zero-order valence-corrected chi connectivity index (χ0v) is 14.6. The minimum absolute atomic E-state index is 0.100. The largest absolute Gasteiger partial charge is 0.465 e. The molecule has 1 fully saturated rings. The summed E-state index contributed by atoms with van der Waals surface area (Å²) in [6.07, 6.45) is -0.763. The Morgan fingerprint density at radius 1 is 1.20 bits per heavy atom. The van der Waals surface area contributed by atoms with Crippen LogP contribution in [0.3, 0.4) is 0 Å². The average Bonchev–Trinajstić information content (AvgIpc) is 3.01. The molecule has 1 aliphatic heterocycles. The molecule has 2 atom stereocenters. The summed E-state index contributed by atoms with van der Waals surface area (Å²) in [6.45, 7) is 4.02.